The van der Waals surface area contributed by atoms with Crippen LogP contribution in [0.2, 0.25) is 0 Å². The average Bonchev–Trinajstić information content (AvgIpc) is 2.44. The summed E-state index contributed by atoms with van der Waals surface area (Å²) in [5.41, 5.74) is 0. The van der Waals surface area contributed by atoms with Gasteiger partial charge in [-0.2, -0.15) is 0 Å². The van der Waals surface area contributed by atoms with E-state index >= 15 is 0 Å². The third kappa shape index (κ3) is 16.2. The van der Waals surface area contributed by atoms with Crippen LogP contribution in [0.1, 0.15) is 20.3 Å². The van der Waals surface area contributed by atoms with Crippen LogP contribution in [-0.2, 0) is 14.1 Å². The predicted molar refractivity (Wildman–Crippen MR) is 78.2 cm³/mol. The number of pyridine rings is 2. The predicted octanol–water partition coefficient (Wildman–Crippen LogP) is 3.02. The third-order valence-corrected chi connectivity index (χ3v) is 1.73. The number of rotatable bonds is 0. The molecule has 2 heterocycles. The first-order valence-corrected chi connectivity index (χ1v) is 6.39. The molecule has 0 bridgehead atoms. The Balaban J connectivity index is 0. The first-order chi connectivity index (χ1) is 9.20. The molecule has 0 aliphatic rings. The van der Waals surface area contributed by atoms with Crippen molar-refractivity contribution in [3.8, 4) is 0 Å². The van der Waals surface area contributed by atoms with E-state index in [2.05, 4.69) is 13.8 Å². The van der Waals surface area contributed by atoms with Crippen LogP contribution in [0.5, 0.6) is 0 Å². The van der Waals surface area contributed by atoms with Gasteiger partial charge in [-0.3, -0.25) is 4.39 Å². The van der Waals surface area contributed by atoms with Gasteiger partial charge >= 0.3 is 0 Å². The molecule has 0 radical (unpaired) electrons. The Labute approximate surface area is 117 Å². The van der Waals surface area contributed by atoms with E-state index in [1.807, 2.05) is 84.4 Å². The summed E-state index contributed by atoms with van der Waals surface area (Å²) in [6.45, 7) is 4.25. The second-order valence-corrected chi connectivity index (χ2v) is 3.79. The molecule has 0 spiro atoms. The topological polar surface area (TPSA) is 7.76 Å². The number of aryl methyl sites for hydroxylation is 2. The quantitative estimate of drug-likeness (QED) is 0.648. The number of halogens is 1. The Morgan fingerprint density at radius 2 is 0.842 bits per heavy atom. The van der Waals surface area contributed by atoms with Gasteiger partial charge in [-0.25, -0.2) is 9.13 Å². The minimum Gasteiger partial charge on any atom is -0.255 e. The van der Waals surface area contributed by atoms with Gasteiger partial charge in [-0.15, -0.1) is 0 Å². The zero-order valence-electron chi connectivity index (χ0n) is 12.8. The van der Waals surface area contributed by atoms with E-state index < -0.39 is 0 Å². The van der Waals surface area contributed by atoms with Crippen molar-refractivity contribution in [2.45, 2.75) is 20.3 Å². The molecule has 0 saturated carbocycles. The number of alkyl halides is 1. The minimum absolute atomic E-state index is 0.500. The lowest BCUT2D eigenvalue weighted by Crippen LogP contribution is -2.25. The van der Waals surface area contributed by atoms with E-state index in [1.54, 1.807) is 0 Å². The normalized spacial score (nSPS) is 7.68. The summed E-state index contributed by atoms with van der Waals surface area (Å²) in [4.78, 5) is 0. The molecule has 0 amide bonds. The van der Waals surface area contributed by atoms with Gasteiger partial charge in [0.15, 0.2) is 24.8 Å². The van der Waals surface area contributed by atoms with Crippen molar-refractivity contribution in [1.29, 1.82) is 0 Å². The highest BCUT2D eigenvalue weighted by Crippen LogP contribution is 1.72. The van der Waals surface area contributed by atoms with Crippen molar-refractivity contribution in [3.05, 3.63) is 61.2 Å². The lowest BCUT2D eigenvalue weighted by Gasteiger charge is -1.77. The molecule has 2 aromatic heterocycles. The van der Waals surface area contributed by atoms with Crippen molar-refractivity contribution in [2.24, 2.45) is 14.1 Å². The van der Waals surface area contributed by atoms with Gasteiger partial charge in [0.25, 0.3) is 0 Å². The molecule has 2 aromatic rings. The summed E-state index contributed by atoms with van der Waals surface area (Å²) >= 11 is 0. The van der Waals surface area contributed by atoms with Crippen molar-refractivity contribution in [2.75, 3.05) is 7.18 Å². The fourth-order valence-electron chi connectivity index (χ4n) is 0.969. The molecule has 0 atom stereocenters. The molecule has 3 heteroatoms. The van der Waals surface area contributed by atoms with E-state index in [1.165, 1.54) is 6.42 Å². The molecule has 0 fully saturated rings. The summed E-state index contributed by atoms with van der Waals surface area (Å²) in [6, 6.07) is 12.0. The summed E-state index contributed by atoms with van der Waals surface area (Å²) in [6.07, 6.45) is 9.25. The molecular formula is C16H27FN2+2. The standard InChI is InChI=1S/2C6H8N.C3H8.CH3F/c2*1-7-5-3-2-4-6-7;1-3-2;1-2/h2*2-6H,1H3;3H2,1-2H3;1H3/q2*+1;;. The van der Waals surface area contributed by atoms with Gasteiger partial charge in [0.1, 0.15) is 14.1 Å². The van der Waals surface area contributed by atoms with Crippen LogP contribution in [0.3, 0.4) is 0 Å². The number of nitrogens with zero attached hydrogens (tertiary/aromatic N) is 2. The molecule has 0 N–H and O–H groups in total. The summed E-state index contributed by atoms with van der Waals surface area (Å²) in [5.74, 6) is 0. The maximum atomic E-state index is 9.50. The lowest BCUT2D eigenvalue weighted by atomic mass is 10.5. The molecular weight excluding hydrogens is 239 g/mol. The maximum absolute atomic E-state index is 9.50. The van der Waals surface area contributed by atoms with E-state index in [-0.39, 0.29) is 0 Å². The van der Waals surface area contributed by atoms with Crippen LogP contribution in [0.15, 0.2) is 61.2 Å². The number of hydrogen-bond acceptors (Lipinski definition) is 0. The Kier molecular flexibility index (Phi) is 16.7. The Morgan fingerprint density at radius 1 is 0.632 bits per heavy atom. The Morgan fingerprint density at radius 3 is 0.947 bits per heavy atom. The van der Waals surface area contributed by atoms with Gasteiger partial charge in [0.2, 0.25) is 0 Å². The Hall–Kier alpha value is -1.77. The van der Waals surface area contributed by atoms with Gasteiger partial charge in [-0.1, -0.05) is 32.4 Å². The van der Waals surface area contributed by atoms with Crippen LogP contribution in [0.4, 0.5) is 4.39 Å². The highest BCUT2D eigenvalue weighted by molar-refractivity contribution is 4.83. The maximum Gasteiger partial charge on any atom is 0.168 e. The first-order valence-electron chi connectivity index (χ1n) is 6.39. The monoisotopic (exact) mass is 266 g/mol. The summed E-state index contributed by atoms with van der Waals surface area (Å²) in [5, 5.41) is 0. The molecule has 19 heavy (non-hydrogen) atoms. The van der Waals surface area contributed by atoms with Crippen LogP contribution in [0.25, 0.3) is 0 Å². The van der Waals surface area contributed by atoms with E-state index in [0.29, 0.717) is 7.18 Å². The summed E-state index contributed by atoms with van der Waals surface area (Å²) < 4.78 is 13.5. The van der Waals surface area contributed by atoms with Crippen molar-refractivity contribution < 1.29 is 13.5 Å². The molecule has 0 saturated heterocycles. The fourth-order valence-corrected chi connectivity index (χ4v) is 0.969. The SMILES string of the molecule is CCC.CF.C[n+]1ccccc1.C[n+]1ccccc1. The number of aromatic nitrogens is 2. The lowest BCUT2D eigenvalue weighted by molar-refractivity contribution is -0.671. The molecule has 0 aliphatic carbocycles. The first kappa shape index (κ1) is 19.6. The van der Waals surface area contributed by atoms with Crippen molar-refractivity contribution in [3.63, 3.8) is 0 Å². The number of hydrogen-bond donors (Lipinski definition) is 0. The molecule has 0 aliphatic heterocycles. The zero-order valence-corrected chi connectivity index (χ0v) is 12.8. The molecule has 106 valence electrons. The van der Waals surface area contributed by atoms with Crippen molar-refractivity contribution >= 4 is 0 Å². The van der Waals surface area contributed by atoms with Crippen LogP contribution >= 0.6 is 0 Å². The Bertz CT molecular complexity index is 326. The smallest absolute Gasteiger partial charge is 0.168 e. The minimum atomic E-state index is 0.500. The summed E-state index contributed by atoms with van der Waals surface area (Å²) in [7, 11) is 4.50. The highest BCUT2D eigenvalue weighted by atomic mass is 19.1. The van der Waals surface area contributed by atoms with Crippen LogP contribution in [-0.4, -0.2) is 7.18 Å². The zero-order chi connectivity index (χ0) is 14.9. The third-order valence-electron chi connectivity index (χ3n) is 1.73. The molecule has 2 nitrogen and oxygen atoms in total. The molecule has 2 rings (SSSR count). The highest BCUT2D eigenvalue weighted by Gasteiger charge is 1.79. The van der Waals surface area contributed by atoms with Gasteiger partial charge in [0, 0.05) is 24.3 Å². The van der Waals surface area contributed by atoms with Crippen molar-refractivity contribution in [1.82, 2.24) is 0 Å². The second kappa shape index (κ2) is 16.2. The second-order valence-electron chi connectivity index (χ2n) is 3.79. The van der Waals surface area contributed by atoms with E-state index in [4.69, 9.17) is 0 Å². The van der Waals surface area contributed by atoms with E-state index in [9.17, 15) is 4.39 Å². The molecule has 0 aromatic carbocycles. The van der Waals surface area contributed by atoms with Crippen LogP contribution < -0.4 is 9.13 Å². The van der Waals surface area contributed by atoms with Gasteiger partial charge in [-0.05, 0) is 0 Å². The largest absolute Gasteiger partial charge is 0.255 e. The fraction of sp³-hybridized carbons (Fsp3) is 0.375. The molecule has 0 unspecified atom stereocenters. The van der Waals surface area contributed by atoms with E-state index in [0.717, 1.165) is 0 Å². The van der Waals surface area contributed by atoms with Gasteiger partial charge in [0.05, 0.1) is 7.18 Å². The van der Waals surface area contributed by atoms with Crippen LogP contribution in [0, 0.1) is 0 Å². The van der Waals surface area contributed by atoms with Gasteiger partial charge < -0.3 is 0 Å². The average molecular weight is 266 g/mol.